The van der Waals surface area contributed by atoms with Crippen molar-refractivity contribution in [2.24, 2.45) is 0 Å². The molecule has 0 heterocycles. The second-order valence-electron chi connectivity index (χ2n) is 6.19. The van der Waals surface area contributed by atoms with E-state index in [0.717, 1.165) is 24.0 Å². The average Bonchev–Trinajstić information content (AvgIpc) is 3.13. The number of hydrogen-bond donors (Lipinski definition) is 1. The van der Waals surface area contributed by atoms with E-state index in [9.17, 15) is 4.79 Å². The van der Waals surface area contributed by atoms with Gasteiger partial charge < -0.3 is 10.1 Å². The van der Waals surface area contributed by atoms with Crippen LogP contribution in [-0.4, -0.2) is 11.9 Å². The second-order valence-corrected chi connectivity index (χ2v) is 6.19. The molecule has 1 aliphatic carbocycles. The van der Waals surface area contributed by atoms with Crippen molar-refractivity contribution in [2.75, 3.05) is 0 Å². The van der Waals surface area contributed by atoms with Crippen molar-refractivity contribution >= 4 is 12.0 Å². The Morgan fingerprint density at radius 1 is 1.17 bits per heavy atom. The number of hydrogen-bond acceptors (Lipinski definition) is 2. The first-order valence-corrected chi connectivity index (χ1v) is 8.50. The molecule has 0 aliphatic heterocycles. The highest BCUT2D eigenvalue weighted by atomic mass is 16.5. The minimum Gasteiger partial charge on any atom is -0.488 e. The number of ether oxygens (including phenoxy) is 1. The Labute approximate surface area is 143 Å². The first-order valence-electron chi connectivity index (χ1n) is 8.50. The molecule has 0 saturated heterocycles. The molecular weight excluding hydrogens is 298 g/mol. The molecule has 0 spiro atoms. The lowest BCUT2D eigenvalue weighted by Crippen LogP contribution is -2.32. The van der Waals surface area contributed by atoms with Gasteiger partial charge in [0.1, 0.15) is 12.4 Å². The van der Waals surface area contributed by atoms with Gasteiger partial charge in [-0.05, 0) is 36.1 Å². The lowest BCUT2D eigenvalue weighted by Gasteiger charge is -2.16. The summed E-state index contributed by atoms with van der Waals surface area (Å²) in [6.07, 6.45) is 6.27. The van der Waals surface area contributed by atoms with Crippen molar-refractivity contribution in [3.63, 3.8) is 0 Å². The molecule has 1 aliphatic rings. The number of rotatable bonds is 6. The van der Waals surface area contributed by atoms with Crippen LogP contribution in [0.1, 0.15) is 47.2 Å². The van der Waals surface area contributed by atoms with Gasteiger partial charge in [-0.15, -0.1) is 0 Å². The molecule has 2 aromatic rings. The summed E-state index contributed by atoms with van der Waals surface area (Å²) < 4.78 is 5.94. The third-order valence-electron chi connectivity index (χ3n) is 4.41. The van der Waals surface area contributed by atoms with Gasteiger partial charge >= 0.3 is 0 Å². The zero-order valence-corrected chi connectivity index (χ0v) is 13.8. The monoisotopic (exact) mass is 321 g/mol. The summed E-state index contributed by atoms with van der Waals surface area (Å²) in [4.78, 5) is 12.6. The molecule has 0 atom stereocenters. The summed E-state index contributed by atoms with van der Waals surface area (Å²) in [5.41, 5.74) is 2.60. The zero-order chi connectivity index (χ0) is 16.8. The number of carbonyl (C=O) groups excluding carboxylic acids is 1. The fourth-order valence-electron chi connectivity index (χ4n) is 3.04. The van der Waals surface area contributed by atoms with E-state index in [-0.39, 0.29) is 5.91 Å². The Morgan fingerprint density at radius 2 is 1.92 bits per heavy atom. The van der Waals surface area contributed by atoms with Crippen LogP contribution < -0.4 is 10.1 Å². The van der Waals surface area contributed by atoms with Crippen LogP contribution in [0.3, 0.4) is 0 Å². The summed E-state index contributed by atoms with van der Waals surface area (Å²) in [6, 6.07) is 15.8. The molecule has 2 aromatic carbocycles. The molecule has 124 valence electrons. The van der Waals surface area contributed by atoms with Crippen molar-refractivity contribution in [1.82, 2.24) is 5.32 Å². The Morgan fingerprint density at radius 3 is 2.62 bits per heavy atom. The van der Waals surface area contributed by atoms with Gasteiger partial charge in [-0.3, -0.25) is 4.79 Å². The minimum atomic E-state index is -0.0550. The van der Waals surface area contributed by atoms with Gasteiger partial charge in [0.25, 0.3) is 5.91 Å². The maximum atomic E-state index is 12.6. The Balaban J connectivity index is 1.76. The molecule has 0 bridgehead atoms. The van der Waals surface area contributed by atoms with Crippen molar-refractivity contribution < 1.29 is 9.53 Å². The SMILES string of the molecule is C=Cc1ccc(C(=O)NC2CCCC2)c(OCc2ccccc2)c1. The fourth-order valence-corrected chi connectivity index (χ4v) is 3.04. The van der Waals surface area contributed by atoms with E-state index in [1.807, 2.05) is 48.5 Å². The predicted octanol–water partition coefficient (Wildman–Crippen LogP) is 4.58. The third kappa shape index (κ3) is 4.05. The highest BCUT2D eigenvalue weighted by molar-refractivity contribution is 5.97. The molecule has 3 heteroatoms. The third-order valence-corrected chi connectivity index (χ3v) is 4.41. The van der Waals surface area contributed by atoms with Gasteiger partial charge in [0, 0.05) is 6.04 Å². The van der Waals surface area contributed by atoms with Gasteiger partial charge in [-0.1, -0.05) is 61.9 Å². The number of carbonyl (C=O) groups is 1. The van der Waals surface area contributed by atoms with E-state index in [1.165, 1.54) is 12.8 Å². The molecule has 0 radical (unpaired) electrons. The molecule has 24 heavy (non-hydrogen) atoms. The van der Waals surface area contributed by atoms with Gasteiger partial charge in [0.15, 0.2) is 0 Å². The zero-order valence-electron chi connectivity index (χ0n) is 13.8. The van der Waals surface area contributed by atoms with Crippen molar-refractivity contribution in [3.8, 4) is 5.75 Å². The smallest absolute Gasteiger partial charge is 0.255 e. The van der Waals surface area contributed by atoms with Crippen molar-refractivity contribution in [2.45, 2.75) is 38.3 Å². The molecule has 1 fully saturated rings. The van der Waals surface area contributed by atoms with Crippen LogP contribution in [0.15, 0.2) is 55.1 Å². The minimum absolute atomic E-state index is 0.0550. The van der Waals surface area contributed by atoms with E-state index in [0.29, 0.717) is 24.0 Å². The van der Waals surface area contributed by atoms with Crippen LogP contribution in [0, 0.1) is 0 Å². The maximum Gasteiger partial charge on any atom is 0.255 e. The largest absolute Gasteiger partial charge is 0.488 e. The molecule has 0 aromatic heterocycles. The topological polar surface area (TPSA) is 38.3 Å². The van der Waals surface area contributed by atoms with Crippen LogP contribution in [0.25, 0.3) is 6.08 Å². The number of amides is 1. The van der Waals surface area contributed by atoms with E-state index in [1.54, 1.807) is 6.08 Å². The van der Waals surface area contributed by atoms with Crippen molar-refractivity contribution in [3.05, 3.63) is 71.8 Å². The van der Waals surface area contributed by atoms with Gasteiger partial charge in [-0.25, -0.2) is 0 Å². The lowest BCUT2D eigenvalue weighted by atomic mass is 10.1. The maximum absolute atomic E-state index is 12.6. The van der Waals surface area contributed by atoms with Crippen molar-refractivity contribution in [1.29, 1.82) is 0 Å². The lowest BCUT2D eigenvalue weighted by molar-refractivity contribution is 0.0933. The van der Waals surface area contributed by atoms with E-state index in [2.05, 4.69) is 11.9 Å². The van der Waals surface area contributed by atoms with Crippen LogP contribution in [0.5, 0.6) is 5.75 Å². The summed E-state index contributed by atoms with van der Waals surface area (Å²) >= 11 is 0. The Bertz CT molecular complexity index is 703. The standard InChI is InChI=1S/C21H23NO2/c1-2-16-12-13-19(21(23)22-18-10-6-7-11-18)20(14-16)24-15-17-8-4-3-5-9-17/h2-5,8-9,12-14,18H,1,6-7,10-11,15H2,(H,22,23). The number of benzene rings is 2. The molecule has 3 rings (SSSR count). The van der Waals surface area contributed by atoms with Gasteiger partial charge in [-0.2, -0.15) is 0 Å². The molecule has 1 N–H and O–H groups in total. The highest BCUT2D eigenvalue weighted by Crippen LogP contribution is 2.24. The fraction of sp³-hybridized carbons (Fsp3) is 0.286. The van der Waals surface area contributed by atoms with E-state index in [4.69, 9.17) is 4.74 Å². The Hall–Kier alpha value is -2.55. The first kappa shape index (κ1) is 16.3. The molecule has 3 nitrogen and oxygen atoms in total. The Kier molecular flexibility index (Phi) is 5.32. The molecule has 0 unspecified atom stereocenters. The van der Waals surface area contributed by atoms with E-state index < -0.39 is 0 Å². The summed E-state index contributed by atoms with van der Waals surface area (Å²) in [5, 5.41) is 3.13. The molecule has 1 amide bonds. The van der Waals surface area contributed by atoms with Gasteiger partial charge in [0.05, 0.1) is 5.56 Å². The summed E-state index contributed by atoms with van der Waals surface area (Å²) in [5.74, 6) is 0.548. The highest BCUT2D eigenvalue weighted by Gasteiger charge is 2.20. The predicted molar refractivity (Wildman–Crippen MR) is 97.0 cm³/mol. The molecular formula is C21H23NO2. The van der Waals surface area contributed by atoms with Gasteiger partial charge in [0.2, 0.25) is 0 Å². The first-order chi connectivity index (χ1) is 11.8. The summed E-state index contributed by atoms with van der Waals surface area (Å²) in [7, 11) is 0. The quantitative estimate of drug-likeness (QED) is 0.845. The van der Waals surface area contributed by atoms with E-state index >= 15 is 0 Å². The average molecular weight is 321 g/mol. The summed E-state index contributed by atoms with van der Waals surface area (Å²) in [6.45, 7) is 4.23. The van der Waals surface area contributed by atoms with Crippen LogP contribution in [0.2, 0.25) is 0 Å². The van der Waals surface area contributed by atoms with Crippen LogP contribution >= 0.6 is 0 Å². The normalized spacial score (nSPS) is 14.3. The number of nitrogens with one attached hydrogen (secondary N) is 1. The van der Waals surface area contributed by atoms with Crippen LogP contribution in [-0.2, 0) is 6.61 Å². The van der Waals surface area contributed by atoms with Crippen LogP contribution in [0.4, 0.5) is 0 Å². The molecule has 1 saturated carbocycles. The second kappa shape index (κ2) is 7.82.